The van der Waals surface area contributed by atoms with E-state index >= 15 is 0 Å². The van der Waals surface area contributed by atoms with Crippen LogP contribution in [0.5, 0.6) is 11.5 Å². The van der Waals surface area contributed by atoms with Crippen molar-refractivity contribution >= 4 is 16.8 Å². The first kappa shape index (κ1) is 10.5. The molecule has 0 spiro atoms. The lowest BCUT2D eigenvalue weighted by atomic mass is 10.2. The second-order valence-electron chi connectivity index (χ2n) is 3.41. The maximum absolute atomic E-state index is 11.2. The molecule has 0 radical (unpaired) electrons. The minimum atomic E-state index is -0.114. The van der Waals surface area contributed by atoms with E-state index in [4.69, 9.17) is 13.9 Å². The summed E-state index contributed by atoms with van der Waals surface area (Å²) in [6.07, 6.45) is 0. The van der Waals surface area contributed by atoms with Gasteiger partial charge in [0.1, 0.15) is 17.1 Å². The Bertz CT molecular complexity index is 539. The molecular formula is C12H12O4. The molecule has 2 rings (SSSR count). The zero-order valence-electron chi connectivity index (χ0n) is 9.37. The first-order chi connectivity index (χ1) is 7.65. The average molecular weight is 220 g/mol. The molecular weight excluding hydrogens is 208 g/mol. The third-order valence-electron chi connectivity index (χ3n) is 2.38. The predicted octanol–water partition coefficient (Wildman–Crippen LogP) is 2.65. The van der Waals surface area contributed by atoms with Crippen LogP contribution in [0.25, 0.3) is 11.0 Å². The van der Waals surface area contributed by atoms with E-state index in [1.165, 1.54) is 6.92 Å². The smallest absolute Gasteiger partial charge is 0.194 e. The quantitative estimate of drug-likeness (QED) is 0.746. The molecule has 0 aliphatic rings. The predicted molar refractivity (Wildman–Crippen MR) is 59.3 cm³/mol. The Hall–Kier alpha value is -1.97. The second kappa shape index (κ2) is 3.89. The fraction of sp³-hybridized carbons (Fsp3) is 0.250. The maximum atomic E-state index is 11.2. The number of Topliss-reactive ketones (excluding diaryl/α,β-unsaturated/α-hetero) is 1. The van der Waals surface area contributed by atoms with E-state index in [1.54, 1.807) is 32.4 Å². The standard InChI is InChI=1S/C12H12O4/c1-7(13)10-6-9-11(15-3)4-8(14-2)5-12(9)16-10/h4-6H,1-3H3. The fourth-order valence-electron chi connectivity index (χ4n) is 1.54. The molecule has 0 fully saturated rings. The van der Waals surface area contributed by atoms with E-state index in [2.05, 4.69) is 0 Å². The molecule has 0 aliphatic heterocycles. The van der Waals surface area contributed by atoms with Gasteiger partial charge in [-0.05, 0) is 6.07 Å². The summed E-state index contributed by atoms with van der Waals surface area (Å²) in [5.74, 6) is 1.47. The van der Waals surface area contributed by atoms with Gasteiger partial charge in [0.05, 0.1) is 19.6 Å². The average Bonchev–Trinajstić information content (AvgIpc) is 2.71. The van der Waals surface area contributed by atoms with Crippen LogP contribution in [0, 0.1) is 0 Å². The van der Waals surface area contributed by atoms with Gasteiger partial charge in [0.2, 0.25) is 0 Å². The van der Waals surface area contributed by atoms with Crippen molar-refractivity contribution in [2.75, 3.05) is 14.2 Å². The number of ketones is 1. The number of furan rings is 1. The molecule has 4 nitrogen and oxygen atoms in total. The highest BCUT2D eigenvalue weighted by Crippen LogP contribution is 2.33. The van der Waals surface area contributed by atoms with Gasteiger partial charge in [0.15, 0.2) is 11.5 Å². The number of ether oxygens (including phenoxy) is 2. The topological polar surface area (TPSA) is 48.7 Å². The molecule has 0 aliphatic carbocycles. The third kappa shape index (κ3) is 1.62. The van der Waals surface area contributed by atoms with Crippen LogP contribution >= 0.6 is 0 Å². The molecule has 0 amide bonds. The Morgan fingerprint density at radius 3 is 2.50 bits per heavy atom. The summed E-state index contributed by atoms with van der Waals surface area (Å²) in [5.41, 5.74) is 0.585. The molecule has 0 atom stereocenters. The van der Waals surface area contributed by atoms with Gasteiger partial charge in [-0.3, -0.25) is 4.79 Å². The molecule has 1 aromatic carbocycles. The van der Waals surface area contributed by atoms with Gasteiger partial charge in [0, 0.05) is 19.1 Å². The second-order valence-corrected chi connectivity index (χ2v) is 3.41. The lowest BCUT2D eigenvalue weighted by molar-refractivity contribution is 0.0989. The fourth-order valence-corrected chi connectivity index (χ4v) is 1.54. The molecule has 2 aromatic rings. The molecule has 16 heavy (non-hydrogen) atoms. The molecule has 1 heterocycles. The lowest BCUT2D eigenvalue weighted by Gasteiger charge is -2.04. The summed E-state index contributed by atoms with van der Waals surface area (Å²) in [5, 5.41) is 0.772. The van der Waals surface area contributed by atoms with Crippen LogP contribution in [0.3, 0.4) is 0 Å². The highest BCUT2D eigenvalue weighted by atomic mass is 16.5. The molecule has 0 saturated heterocycles. The van der Waals surface area contributed by atoms with Crippen molar-refractivity contribution in [1.82, 2.24) is 0 Å². The summed E-state index contributed by atoms with van der Waals surface area (Å²) in [7, 11) is 3.13. The lowest BCUT2D eigenvalue weighted by Crippen LogP contribution is -1.87. The molecule has 4 heteroatoms. The number of carbonyl (C=O) groups excluding carboxylic acids is 1. The number of rotatable bonds is 3. The van der Waals surface area contributed by atoms with Crippen molar-refractivity contribution in [2.45, 2.75) is 6.92 Å². The molecule has 0 saturated carbocycles. The van der Waals surface area contributed by atoms with E-state index in [0.717, 1.165) is 5.39 Å². The van der Waals surface area contributed by atoms with Crippen molar-refractivity contribution in [3.05, 3.63) is 24.0 Å². The maximum Gasteiger partial charge on any atom is 0.194 e. The molecule has 0 bridgehead atoms. The largest absolute Gasteiger partial charge is 0.496 e. The van der Waals surface area contributed by atoms with E-state index in [1.807, 2.05) is 0 Å². The Balaban J connectivity index is 2.69. The van der Waals surface area contributed by atoms with Gasteiger partial charge in [0.25, 0.3) is 0 Å². The van der Waals surface area contributed by atoms with Crippen LogP contribution in [-0.4, -0.2) is 20.0 Å². The van der Waals surface area contributed by atoms with Gasteiger partial charge in [-0.15, -0.1) is 0 Å². The zero-order chi connectivity index (χ0) is 11.7. The number of methoxy groups -OCH3 is 2. The van der Waals surface area contributed by atoms with Gasteiger partial charge < -0.3 is 13.9 Å². The summed E-state index contributed by atoms with van der Waals surface area (Å²) in [6, 6.07) is 5.15. The van der Waals surface area contributed by atoms with Gasteiger partial charge in [-0.2, -0.15) is 0 Å². The third-order valence-corrected chi connectivity index (χ3v) is 2.38. The summed E-state index contributed by atoms with van der Waals surface area (Å²) in [4.78, 5) is 11.2. The number of benzene rings is 1. The monoisotopic (exact) mass is 220 g/mol. The Morgan fingerprint density at radius 2 is 1.94 bits per heavy atom. The summed E-state index contributed by atoms with van der Waals surface area (Å²) >= 11 is 0. The van der Waals surface area contributed by atoms with E-state index in [-0.39, 0.29) is 5.78 Å². The minimum absolute atomic E-state index is 0.114. The number of fused-ring (bicyclic) bond motifs is 1. The normalized spacial score (nSPS) is 10.4. The van der Waals surface area contributed by atoms with Crippen molar-refractivity contribution < 1.29 is 18.7 Å². The molecule has 1 aromatic heterocycles. The molecule has 0 unspecified atom stereocenters. The van der Waals surface area contributed by atoms with E-state index in [9.17, 15) is 4.79 Å². The highest BCUT2D eigenvalue weighted by molar-refractivity contribution is 5.98. The van der Waals surface area contributed by atoms with Crippen LogP contribution in [0.15, 0.2) is 22.6 Å². The number of hydrogen-bond donors (Lipinski definition) is 0. The van der Waals surface area contributed by atoms with Crippen molar-refractivity contribution in [3.8, 4) is 11.5 Å². The molecule has 0 N–H and O–H groups in total. The van der Waals surface area contributed by atoms with Crippen molar-refractivity contribution in [3.63, 3.8) is 0 Å². The minimum Gasteiger partial charge on any atom is -0.496 e. The Morgan fingerprint density at radius 1 is 1.19 bits per heavy atom. The van der Waals surface area contributed by atoms with Gasteiger partial charge >= 0.3 is 0 Å². The van der Waals surface area contributed by atoms with E-state index < -0.39 is 0 Å². The van der Waals surface area contributed by atoms with Crippen LogP contribution in [0.2, 0.25) is 0 Å². The Kier molecular flexibility index (Phi) is 2.56. The van der Waals surface area contributed by atoms with E-state index in [0.29, 0.717) is 22.8 Å². The van der Waals surface area contributed by atoms with Crippen LogP contribution < -0.4 is 9.47 Å². The first-order valence-electron chi connectivity index (χ1n) is 4.82. The summed E-state index contributed by atoms with van der Waals surface area (Å²) in [6.45, 7) is 1.46. The van der Waals surface area contributed by atoms with Gasteiger partial charge in [-0.25, -0.2) is 0 Å². The van der Waals surface area contributed by atoms with Crippen LogP contribution in [0.4, 0.5) is 0 Å². The van der Waals surface area contributed by atoms with Crippen LogP contribution in [0.1, 0.15) is 17.5 Å². The van der Waals surface area contributed by atoms with Gasteiger partial charge in [-0.1, -0.05) is 0 Å². The molecule has 84 valence electrons. The van der Waals surface area contributed by atoms with Crippen molar-refractivity contribution in [1.29, 1.82) is 0 Å². The first-order valence-corrected chi connectivity index (χ1v) is 4.82. The Labute approximate surface area is 92.8 Å². The number of carbonyl (C=O) groups is 1. The SMILES string of the molecule is COc1cc(OC)c2cc(C(C)=O)oc2c1. The highest BCUT2D eigenvalue weighted by Gasteiger charge is 2.13. The summed E-state index contributed by atoms with van der Waals surface area (Å²) < 4.78 is 15.7. The van der Waals surface area contributed by atoms with Crippen LogP contribution in [-0.2, 0) is 0 Å². The van der Waals surface area contributed by atoms with Crippen molar-refractivity contribution in [2.24, 2.45) is 0 Å². The number of hydrogen-bond acceptors (Lipinski definition) is 4. The zero-order valence-corrected chi connectivity index (χ0v) is 9.37.